The number of amides is 1. The van der Waals surface area contributed by atoms with Crippen LogP contribution in [0.1, 0.15) is 41.7 Å². The van der Waals surface area contributed by atoms with Crippen LogP contribution in [0.4, 0.5) is 0 Å². The van der Waals surface area contributed by atoms with Crippen molar-refractivity contribution in [2.24, 2.45) is 0 Å². The summed E-state index contributed by atoms with van der Waals surface area (Å²) in [7, 11) is -3.72. The molecule has 1 aliphatic heterocycles. The van der Waals surface area contributed by atoms with E-state index in [0.29, 0.717) is 13.1 Å². The summed E-state index contributed by atoms with van der Waals surface area (Å²) in [5.41, 5.74) is 2.15. The Morgan fingerprint density at radius 1 is 1.13 bits per heavy atom. The van der Waals surface area contributed by atoms with E-state index in [-0.39, 0.29) is 27.4 Å². The topological polar surface area (TPSA) is 84.3 Å². The van der Waals surface area contributed by atoms with E-state index in [9.17, 15) is 13.2 Å². The molecule has 2 heterocycles. The van der Waals surface area contributed by atoms with Crippen LogP contribution < -0.4 is 5.32 Å². The minimum atomic E-state index is -3.72. The Labute approximate surface area is 186 Å². The molecule has 1 saturated heterocycles. The molecule has 1 N–H and O–H groups in total. The Morgan fingerprint density at radius 2 is 1.84 bits per heavy atom. The van der Waals surface area contributed by atoms with Gasteiger partial charge < -0.3 is 9.88 Å². The van der Waals surface area contributed by atoms with Crippen LogP contribution >= 0.6 is 11.6 Å². The number of sulfonamides is 1. The first-order valence-electron chi connectivity index (χ1n) is 10.0. The Kier molecular flexibility index (Phi) is 6.13. The fourth-order valence-corrected chi connectivity index (χ4v) is 5.64. The van der Waals surface area contributed by atoms with Crippen molar-refractivity contribution in [3.05, 3.63) is 77.3 Å². The quantitative estimate of drug-likeness (QED) is 0.608. The molecule has 1 aromatic heterocycles. The number of carbonyl (C=O) groups excluding carboxylic acids is 1. The van der Waals surface area contributed by atoms with Crippen molar-refractivity contribution in [1.82, 2.24) is 19.2 Å². The lowest BCUT2D eigenvalue weighted by Crippen LogP contribution is -2.29. The summed E-state index contributed by atoms with van der Waals surface area (Å²) in [5, 5.41) is 3.04. The normalized spacial score (nSPS) is 15.7. The van der Waals surface area contributed by atoms with E-state index in [4.69, 9.17) is 11.6 Å². The molecule has 1 amide bonds. The van der Waals surface area contributed by atoms with Gasteiger partial charge in [0.05, 0.1) is 17.4 Å². The second-order valence-corrected chi connectivity index (χ2v) is 9.83. The molecule has 0 saturated carbocycles. The number of nitrogens with zero attached hydrogens (tertiary/aromatic N) is 3. The maximum atomic E-state index is 12.9. The van der Waals surface area contributed by atoms with Gasteiger partial charge in [-0.3, -0.25) is 4.79 Å². The smallest absolute Gasteiger partial charge is 0.251 e. The predicted octanol–water partition coefficient (Wildman–Crippen LogP) is 3.80. The van der Waals surface area contributed by atoms with Crippen LogP contribution in [0.2, 0.25) is 5.02 Å². The van der Waals surface area contributed by atoms with Crippen LogP contribution in [0, 0.1) is 0 Å². The summed E-state index contributed by atoms with van der Waals surface area (Å²) >= 11 is 6.18. The van der Waals surface area contributed by atoms with Crippen LogP contribution in [0.25, 0.3) is 5.69 Å². The second kappa shape index (κ2) is 8.82. The van der Waals surface area contributed by atoms with Crippen LogP contribution in [-0.4, -0.2) is 41.3 Å². The van der Waals surface area contributed by atoms with E-state index in [1.54, 1.807) is 12.5 Å². The van der Waals surface area contributed by atoms with Crippen molar-refractivity contribution in [3.63, 3.8) is 0 Å². The zero-order valence-corrected chi connectivity index (χ0v) is 18.6. The maximum Gasteiger partial charge on any atom is 0.251 e. The van der Waals surface area contributed by atoms with Crippen molar-refractivity contribution in [2.75, 3.05) is 13.1 Å². The molecule has 0 aliphatic carbocycles. The molecule has 0 spiro atoms. The molecule has 0 radical (unpaired) electrons. The fourth-order valence-electron chi connectivity index (χ4n) is 3.62. The highest BCUT2D eigenvalue weighted by atomic mass is 35.5. The molecule has 1 aliphatic rings. The first-order chi connectivity index (χ1) is 14.9. The third kappa shape index (κ3) is 4.51. The predicted molar refractivity (Wildman–Crippen MR) is 119 cm³/mol. The maximum absolute atomic E-state index is 12.9. The minimum absolute atomic E-state index is 0.0268. The minimum Gasteiger partial charge on any atom is -0.346 e. The van der Waals surface area contributed by atoms with Crippen molar-refractivity contribution in [3.8, 4) is 5.69 Å². The molecular weight excluding hydrogens is 436 g/mol. The summed E-state index contributed by atoms with van der Waals surface area (Å²) in [4.78, 5) is 16.8. The number of hydrogen-bond donors (Lipinski definition) is 1. The molecule has 7 nitrogen and oxygen atoms in total. The van der Waals surface area contributed by atoms with Crippen molar-refractivity contribution in [1.29, 1.82) is 0 Å². The summed E-state index contributed by atoms with van der Waals surface area (Å²) < 4.78 is 29.1. The van der Waals surface area contributed by atoms with Gasteiger partial charge >= 0.3 is 0 Å². The van der Waals surface area contributed by atoms with Gasteiger partial charge in [0.15, 0.2) is 0 Å². The lowest BCUT2D eigenvalue weighted by molar-refractivity contribution is 0.0939. The summed E-state index contributed by atoms with van der Waals surface area (Å²) in [6, 6.07) is 11.9. The van der Waals surface area contributed by atoms with Crippen LogP contribution in [0.5, 0.6) is 0 Å². The number of carbonyl (C=O) groups is 1. The largest absolute Gasteiger partial charge is 0.346 e. The number of benzene rings is 2. The van der Waals surface area contributed by atoms with Gasteiger partial charge in [-0.2, -0.15) is 4.31 Å². The van der Waals surface area contributed by atoms with Crippen LogP contribution in [0.3, 0.4) is 0 Å². The van der Waals surface area contributed by atoms with Crippen molar-refractivity contribution >= 4 is 27.5 Å². The highest BCUT2D eigenvalue weighted by molar-refractivity contribution is 7.89. The molecule has 2 aromatic carbocycles. The van der Waals surface area contributed by atoms with Gasteiger partial charge in [-0.15, -0.1) is 0 Å². The Hall–Kier alpha value is -2.68. The highest BCUT2D eigenvalue weighted by Crippen LogP contribution is 2.28. The lowest BCUT2D eigenvalue weighted by atomic mass is 10.1. The Bertz CT molecular complexity index is 1170. The monoisotopic (exact) mass is 458 g/mol. The van der Waals surface area contributed by atoms with Crippen molar-refractivity contribution < 1.29 is 13.2 Å². The number of nitrogens with one attached hydrogen (secondary N) is 1. The number of halogens is 1. The van der Waals surface area contributed by atoms with Gasteiger partial charge in [0.2, 0.25) is 10.0 Å². The standard InChI is InChI=1S/C22H23ClN4O3S/c1-16(17-4-7-19(8-5-17)26-13-10-24-15-26)25-22(28)18-6-9-20(23)21(14-18)31(29,30)27-11-2-3-12-27/h4-10,13-16H,2-3,11-12H2,1H3,(H,25,28). The molecule has 1 atom stereocenters. The molecule has 0 bridgehead atoms. The second-order valence-electron chi connectivity index (χ2n) is 7.51. The molecule has 4 rings (SSSR count). The molecule has 1 unspecified atom stereocenters. The van der Waals surface area contributed by atoms with Crippen LogP contribution in [-0.2, 0) is 10.0 Å². The number of rotatable bonds is 6. The van der Waals surface area contributed by atoms with Crippen molar-refractivity contribution in [2.45, 2.75) is 30.7 Å². The van der Waals surface area contributed by atoms with Gasteiger partial charge in [0, 0.05) is 36.7 Å². The third-order valence-corrected chi connectivity index (χ3v) is 7.80. The first-order valence-corrected chi connectivity index (χ1v) is 11.9. The number of aromatic nitrogens is 2. The van der Waals surface area contributed by atoms with E-state index < -0.39 is 10.0 Å². The summed E-state index contributed by atoms with van der Waals surface area (Å²) in [6.45, 7) is 2.82. The molecular formula is C22H23ClN4O3S. The average molecular weight is 459 g/mol. The Morgan fingerprint density at radius 3 is 2.48 bits per heavy atom. The number of imidazole rings is 1. The average Bonchev–Trinajstić information content (AvgIpc) is 3.48. The fraction of sp³-hybridized carbons (Fsp3) is 0.273. The SMILES string of the molecule is CC(NC(=O)c1ccc(Cl)c(S(=O)(=O)N2CCCC2)c1)c1ccc(-n2ccnc2)cc1. The molecule has 162 valence electrons. The van der Waals surface area contributed by atoms with E-state index in [1.807, 2.05) is 42.0 Å². The van der Waals surface area contributed by atoms with E-state index in [1.165, 1.54) is 22.5 Å². The van der Waals surface area contributed by atoms with E-state index in [2.05, 4.69) is 10.3 Å². The zero-order chi connectivity index (χ0) is 22.0. The zero-order valence-electron chi connectivity index (χ0n) is 17.0. The van der Waals surface area contributed by atoms with E-state index >= 15 is 0 Å². The van der Waals surface area contributed by atoms with E-state index in [0.717, 1.165) is 24.1 Å². The lowest BCUT2D eigenvalue weighted by Gasteiger charge is -2.18. The molecule has 31 heavy (non-hydrogen) atoms. The highest BCUT2D eigenvalue weighted by Gasteiger charge is 2.29. The van der Waals surface area contributed by atoms with Gasteiger partial charge in [-0.1, -0.05) is 23.7 Å². The van der Waals surface area contributed by atoms with Crippen LogP contribution in [0.15, 0.2) is 66.1 Å². The molecule has 3 aromatic rings. The molecule has 9 heteroatoms. The number of hydrogen-bond acceptors (Lipinski definition) is 4. The summed E-state index contributed by atoms with van der Waals surface area (Å²) in [5.74, 6) is -0.360. The van der Waals surface area contributed by atoms with Gasteiger partial charge in [-0.25, -0.2) is 13.4 Å². The summed E-state index contributed by atoms with van der Waals surface area (Å²) in [6.07, 6.45) is 6.94. The Balaban J connectivity index is 1.50. The van der Waals surface area contributed by atoms with Gasteiger partial charge in [0.25, 0.3) is 5.91 Å². The van der Waals surface area contributed by atoms with Gasteiger partial charge in [0.1, 0.15) is 4.90 Å². The van der Waals surface area contributed by atoms with Gasteiger partial charge in [-0.05, 0) is 55.7 Å². The third-order valence-electron chi connectivity index (χ3n) is 5.42. The first kappa shape index (κ1) is 21.5. The molecule has 1 fully saturated rings.